The number of thioether (sulfide) groups is 1. The Kier molecular flexibility index (Phi) is 5.47. The maximum atomic E-state index is 12.4. The van der Waals surface area contributed by atoms with Crippen LogP contribution in [0.1, 0.15) is 11.4 Å². The van der Waals surface area contributed by atoms with Crippen LogP contribution in [0.4, 0.5) is 5.69 Å². The van der Waals surface area contributed by atoms with E-state index in [-0.39, 0.29) is 5.91 Å². The van der Waals surface area contributed by atoms with E-state index < -0.39 is 0 Å². The third kappa shape index (κ3) is 4.23. The van der Waals surface area contributed by atoms with Gasteiger partial charge in [-0.25, -0.2) is 4.99 Å². The molecular formula is C22H18ClN3O2S. The van der Waals surface area contributed by atoms with E-state index in [2.05, 4.69) is 14.9 Å². The van der Waals surface area contributed by atoms with Crippen molar-refractivity contribution in [2.24, 2.45) is 4.99 Å². The number of nitrogens with one attached hydrogen (secondary N) is 1. The quantitative estimate of drug-likeness (QED) is 0.576. The highest BCUT2D eigenvalue weighted by atomic mass is 35.5. The molecule has 2 heterocycles. The van der Waals surface area contributed by atoms with Crippen LogP contribution in [0.5, 0.6) is 5.75 Å². The molecule has 0 radical (unpaired) electrons. The summed E-state index contributed by atoms with van der Waals surface area (Å²) in [4.78, 5) is 17.5. The van der Waals surface area contributed by atoms with E-state index in [1.165, 1.54) is 11.8 Å². The second-order valence-electron chi connectivity index (χ2n) is 6.39. The van der Waals surface area contributed by atoms with Gasteiger partial charge in [-0.3, -0.25) is 4.79 Å². The molecule has 7 heteroatoms. The number of nitrogens with zero attached hydrogens (tertiary/aromatic N) is 2. The summed E-state index contributed by atoms with van der Waals surface area (Å²) in [7, 11) is 1.64. The highest BCUT2D eigenvalue weighted by Crippen LogP contribution is 2.30. The van der Waals surface area contributed by atoms with Gasteiger partial charge in [0.25, 0.3) is 5.91 Å². The van der Waals surface area contributed by atoms with Crippen molar-refractivity contribution in [1.82, 2.24) is 9.88 Å². The first-order chi connectivity index (χ1) is 14.0. The standard InChI is InChI=1S/C22H18ClN3O2S/c1-14-3-8-18(26(14)17-9-11-19(28-2)12-10-17)13-20-21(27)25-22(29-20)24-16-6-4-15(23)5-7-16/h3-13H,1-2H3,(H,24,25,27)/b20-13-. The van der Waals surface area contributed by atoms with Crippen LogP contribution in [-0.4, -0.2) is 22.8 Å². The number of carbonyl (C=O) groups excluding carboxylic acids is 1. The average molecular weight is 424 g/mol. The smallest absolute Gasteiger partial charge is 0.264 e. The normalized spacial score (nSPS) is 16.4. The minimum Gasteiger partial charge on any atom is -0.497 e. The molecule has 0 spiro atoms. The van der Waals surface area contributed by atoms with Crippen LogP contribution < -0.4 is 10.1 Å². The van der Waals surface area contributed by atoms with Crippen molar-refractivity contribution in [3.8, 4) is 11.4 Å². The van der Waals surface area contributed by atoms with E-state index in [1.54, 1.807) is 19.2 Å². The van der Waals surface area contributed by atoms with Crippen molar-refractivity contribution >= 4 is 46.2 Å². The van der Waals surface area contributed by atoms with Gasteiger partial charge in [0.2, 0.25) is 0 Å². The molecule has 1 saturated heterocycles. The number of aliphatic imine (C=N–C) groups is 1. The van der Waals surface area contributed by atoms with Crippen molar-refractivity contribution < 1.29 is 9.53 Å². The zero-order chi connectivity index (χ0) is 20.4. The number of rotatable bonds is 4. The van der Waals surface area contributed by atoms with E-state index in [0.717, 1.165) is 28.5 Å². The molecule has 0 atom stereocenters. The third-order valence-corrected chi connectivity index (χ3v) is 5.59. The summed E-state index contributed by atoms with van der Waals surface area (Å²) in [6.07, 6.45) is 1.88. The van der Waals surface area contributed by atoms with Crippen LogP contribution in [-0.2, 0) is 4.79 Å². The minimum absolute atomic E-state index is 0.164. The van der Waals surface area contributed by atoms with Gasteiger partial charge < -0.3 is 14.6 Å². The van der Waals surface area contributed by atoms with Crippen molar-refractivity contribution in [3.63, 3.8) is 0 Å². The maximum absolute atomic E-state index is 12.4. The van der Waals surface area contributed by atoms with Gasteiger partial charge in [0.05, 0.1) is 17.7 Å². The molecule has 1 aromatic heterocycles. The predicted molar refractivity (Wildman–Crippen MR) is 119 cm³/mol. The van der Waals surface area contributed by atoms with Gasteiger partial charge in [0.1, 0.15) is 5.75 Å². The number of amides is 1. The molecule has 4 rings (SSSR count). The molecule has 146 valence electrons. The van der Waals surface area contributed by atoms with Gasteiger partial charge in [-0.05, 0) is 85.4 Å². The number of halogens is 1. The van der Waals surface area contributed by atoms with Gasteiger partial charge >= 0.3 is 0 Å². The number of methoxy groups -OCH3 is 1. The Balaban J connectivity index is 1.63. The summed E-state index contributed by atoms with van der Waals surface area (Å²) in [5.74, 6) is 0.634. The Morgan fingerprint density at radius 2 is 1.79 bits per heavy atom. The first kappa shape index (κ1) is 19.4. The van der Waals surface area contributed by atoms with Crippen LogP contribution in [0.15, 0.2) is 70.6 Å². The fourth-order valence-corrected chi connectivity index (χ4v) is 3.96. The zero-order valence-electron chi connectivity index (χ0n) is 15.8. The number of carbonyl (C=O) groups is 1. The Bertz CT molecular complexity index is 1120. The molecule has 5 nitrogen and oxygen atoms in total. The van der Waals surface area contributed by atoms with Gasteiger partial charge in [-0.15, -0.1) is 0 Å². The fraction of sp³-hybridized carbons (Fsp3) is 0.0909. The maximum Gasteiger partial charge on any atom is 0.264 e. The fourth-order valence-electron chi connectivity index (χ4n) is 3.00. The molecule has 1 N–H and O–H groups in total. The van der Waals surface area contributed by atoms with E-state index in [0.29, 0.717) is 15.1 Å². The lowest BCUT2D eigenvalue weighted by Crippen LogP contribution is -2.19. The summed E-state index contributed by atoms with van der Waals surface area (Å²) >= 11 is 7.22. The average Bonchev–Trinajstić information content (AvgIpc) is 3.26. The molecule has 2 aromatic carbocycles. The molecule has 1 aliphatic rings. The van der Waals surface area contributed by atoms with Crippen LogP contribution in [0.2, 0.25) is 5.02 Å². The molecule has 0 unspecified atom stereocenters. The monoisotopic (exact) mass is 423 g/mol. The lowest BCUT2D eigenvalue weighted by Gasteiger charge is -2.10. The number of aromatic nitrogens is 1. The third-order valence-electron chi connectivity index (χ3n) is 4.42. The molecular weight excluding hydrogens is 406 g/mol. The van der Waals surface area contributed by atoms with Crippen molar-refractivity contribution in [2.75, 3.05) is 7.11 Å². The number of aryl methyl sites for hydroxylation is 1. The van der Waals surface area contributed by atoms with E-state index in [1.807, 2.05) is 61.5 Å². The highest BCUT2D eigenvalue weighted by Gasteiger charge is 2.24. The summed E-state index contributed by atoms with van der Waals surface area (Å²) < 4.78 is 7.33. The SMILES string of the molecule is COc1ccc(-n2c(C)ccc2/C=C2\SC(=Nc3ccc(Cl)cc3)NC2=O)cc1. The first-order valence-corrected chi connectivity index (χ1v) is 10.1. The number of benzene rings is 2. The Labute approximate surface area is 178 Å². The minimum atomic E-state index is -0.164. The number of ether oxygens (including phenoxy) is 1. The van der Waals surface area contributed by atoms with Crippen LogP contribution in [0.3, 0.4) is 0 Å². The number of hydrogen-bond acceptors (Lipinski definition) is 4. The molecule has 3 aromatic rings. The second-order valence-corrected chi connectivity index (χ2v) is 7.86. The lowest BCUT2D eigenvalue weighted by molar-refractivity contribution is -0.115. The Morgan fingerprint density at radius 3 is 2.48 bits per heavy atom. The number of hydrogen-bond donors (Lipinski definition) is 1. The summed E-state index contributed by atoms with van der Waals surface area (Å²) in [6, 6.07) is 19.0. The van der Waals surface area contributed by atoms with E-state index in [9.17, 15) is 4.79 Å². The van der Waals surface area contributed by atoms with Gasteiger partial charge in [-0.2, -0.15) is 0 Å². The van der Waals surface area contributed by atoms with Crippen LogP contribution in [0.25, 0.3) is 11.8 Å². The molecule has 1 amide bonds. The summed E-state index contributed by atoms with van der Waals surface area (Å²) in [6.45, 7) is 2.03. The Morgan fingerprint density at radius 1 is 1.07 bits per heavy atom. The van der Waals surface area contributed by atoms with Crippen molar-refractivity contribution in [3.05, 3.63) is 82.0 Å². The highest BCUT2D eigenvalue weighted by molar-refractivity contribution is 8.18. The molecule has 29 heavy (non-hydrogen) atoms. The van der Waals surface area contributed by atoms with E-state index in [4.69, 9.17) is 16.3 Å². The largest absolute Gasteiger partial charge is 0.497 e. The first-order valence-electron chi connectivity index (χ1n) is 8.91. The topological polar surface area (TPSA) is 55.6 Å². The molecule has 0 bridgehead atoms. The van der Waals surface area contributed by atoms with Crippen molar-refractivity contribution in [2.45, 2.75) is 6.92 Å². The van der Waals surface area contributed by atoms with Crippen LogP contribution >= 0.6 is 23.4 Å². The Hall–Kier alpha value is -2.96. The second kappa shape index (κ2) is 8.19. The van der Waals surface area contributed by atoms with Crippen molar-refractivity contribution in [1.29, 1.82) is 0 Å². The molecule has 0 saturated carbocycles. The van der Waals surface area contributed by atoms with Gasteiger partial charge in [0, 0.05) is 22.1 Å². The molecule has 1 aliphatic heterocycles. The summed E-state index contributed by atoms with van der Waals surface area (Å²) in [5, 5.41) is 4.01. The van der Waals surface area contributed by atoms with Crippen LogP contribution in [0, 0.1) is 6.92 Å². The van der Waals surface area contributed by atoms with Gasteiger partial charge in [-0.1, -0.05) is 11.6 Å². The number of amidine groups is 1. The predicted octanol–water partition coefficient (Wildman–Crippen LogP) is 5.34. The van der Waals surface area contributed by atoms with E-state index >= 15 is 0 Å². The lowest BCUT2D eigenvalue weighted by atomic mass is 10.2. The molecule has 1 fully saturated rings. The zero-order valence-corrected chi connectivity index (χ0v) is 17.4. The summed E-state index contributed by atoms with van der Waals surface area (Å²) in [5.41, 5.74) is 3.72. The molecule has 0 aliphatic carbocycles. The van der Waals surface area contributed by atoms with Gasteiger partial charge in [0.15, 0.2) is 5.17 Å².